The number of piperidine rings is 1. The molecule has 0 radical (unpaired) electrons. The molecular weight excluding hydrogens is 440 g/mol. The van der Waals surface area contributed by atoms with Gasteiger partial charge in [-0.15, -0.1) is 0 Å². The average molecular weight is 465 g/mol. The SMILES string of the molecule is Cc1ccc(-c2nc(C3CCN(C(=O)[C@@H]4CC(=O)N(c5cccc(Cl)c5)C4)CC3)no2)cc1. The average Bonchev–Trinajstić information content (AvgIpc) is 3.47. The van der Waals surface area contributed by atoms with Crippen LogP contribution in [0.5, 0.6) is 0 Å². The van der Waals surface area contributed by atoms with Crippen molar-refractivity contribution in [1.29, 1.82) is 0 Å². The molecule has 0 spiro atoms. The normalized spacial score (nSPS) is 19.3. The van der Waals surface area contributed by atoms with Gasteiger partial charge in [0.2, 0.25) is 11.8 Å². The molecule has 1 aromatic heterocycles. The fourth-order valence-corrected chi connectivity index (χ4v) is 4.78. The third-order valence-electron chi connectivity index (χ3n) is 6.51. The molecule has 5 rings (SSSR count). The number of amides is 2. The van der Waals surface area contributed by atoms with Gasteiger partial charge in [0.05, 0.1) is 5.92 Å². The molecule has 2 aromatic carbocycles. The second kappa shape index (κ2) is 8.98. The molecule has 0 N–H and O–H groups in total. The van der Waals surface area contributed by atoms with Crippen molar-refractivity contribution in [2.75, 3.05) is 24.5 Å². The first-order valence-corrected chi connectivity index (χ1v) is 11.6. The van der Waals surface area contributed by atoms with E-state index in [1.165, 1.54) is 5.56 Å². The molecule has 2 fully saturated rings. The number of hydrogen-bond acceptors (Lipinski definition) is 5. The topological polar surface area (TPSA) is 79.5 Å². The van der Waals surface area contributed by atoms with Gasteiger partial charge in [0.15, 0.2) is 5.82 Å². The van der Waals surface area contributed by atoms with Crippen LogP contribution < -0.4 is 4.90 Å². The second-order valence-electron chi connectivity index (χ2n) is 8.81. The molecule has 7 nitrogen and oxygen atoms in total. The Morgan fingerprint density at radius 2 is 1.88 bits per heavy atom. The Hall–Kier alpha value is -3.19. The van der Waals surface area contributed by atoms with Crippen molar-refractivity contribution < 1.29 is 14.1 Å². The minimum Gasteiger partial charge on any atom is -0.342 e. The molecule has 0 bridgehead atoms. The van der Waals surface area contributed by atoms with Gasteiger partial charge in [-0.2, -0.15) is 4.98 Å². The molecular formula is C25H25ClN4O3. The standard InChI is InChI=1S/C25H25ClN4O3/c1-16-5-7-18(8-6-16)24-27-23(28-33-24)17-9-11-29(12-10-17)25(32)19-13-22(31)30(15-19)21-4-2-3-20(26)14-21/h2-8,14,17,19H,9-13,15H2,1H3/t19-/m1/s1. The summed E-state index contributed by atoms with van der Waals surface area (Å²) in [4.78, 5) is 33.8. The van der Waals surface area contributed by atoms with E-state index in [1.54, 1.807) is 17.0 Å². The minimum absolute atomic E-state index is 0.0408. The van der Waals surface area contributed by atoms with Gasteiger partial charge in [0.1, 0.15) is 0 Å². The summed E-state index contributed by atoms with van der Waals surface area (Å²) in [5, 5.41) is 4.77. The summed E-state index contributed by atoms with van der Waals surface area (Å²) in [6.45, 7) is 3.68. The zero-order valence-corrected chi connectivity index (χ0v) is 19.2. The molecule has 8 heteroatoms. The number of carbonyl (C=O) groups is 2. The van der Waals surface area contributed by atoms with E-state index in [0.29, 0.717) is 36.4 Å². The number of carbonyl (C=O) groups excluding carboxylic acids is 2. The summed E-state index contributed by atoms with van der Waals surface area (Å²) in [6, 6.07) is 15.2. The van der Waals surface area contributed by atoms with Crippen LogP contribution in [0.2, 0.25) is 5.02 Å². The Balaban J connectivity index is 1.19. The van der Waals surface area contributed by atoms with Crippen LogP contribution in [0, 0.1) is 12.8 Å². The van der Waals surface area contributed by atoms with Gasteiger partial charge in [0.25, 0.3) is 5.89 Å². The lowest BCUT2D eigenvalue weighted by Gasteiger charge is -2.32. The maximum absolute atomic E-state index is 13.1. The Kier molecular flexibility index (Phi) is 5.89. The molecule has 3 heterocycles. The Labute approximate surface area is 197 Å². The van der Waals surface area contributed by atoms with Gasteiger partial charge in [-0.05, 0) is 50.1 Å². The van der Waals surface area contributed by atoms with E-state index < -0.39 is 0 Å². The Morgan fingerprint density at radius 1 is 1.12 bits per heavy atom. The van der Waals surface area contributed by atoms with Crippen LogP contribution in [-0.4, -0.2) is 46.5 Å². The van der Waals surface area contributed by atoms with E-state index >= 15 is 0 Å². The van der Waals surface area contributed by atoms with Crippen LogP contribution >= 0.6 is 11.6 Å². The molecule has 0 unspecified atom stereocenters. The molecule has 2 saturated heterocycles. The number of anilines is 1. The zero-order chi connectivity index (χ0) is 22.9. The maximum atomic E-state index is 13.1. The summed E-state index contributed by atoms with van der Waals surface area (Å²) < 4.78 is 5.48. The lowest BCUT2D eigenvalue weighted by atomic mass is 9.95. The Bertz CT molecular complexity index is 1170. The smallest absolute Gasteiger partial charge is 0.257 e. The van der Waals surface area contributed by atoms with Gasteiger partial charge in [-0.1, -0.05) is 40.5 Å². The first-order chi connectivity index (χ1) is 16.0. The maximum Gasteiger partial charge on any atom is 0.257 e. The predicted octanol–water partition coefficient (Wildman–Crippen LogP) is 4.46. The summed E-state index contributed by atoms with van der Waals surface area (Å²) in [5.74, 6) is 1.05. The molecule has 33 heavy (non-hydrogen) atoms. The quantitative estimate of drug-likeness (QED) is 0.569. The van der Waals surface area contributed by atoms with Gasteiger partial charge in [-0.3, -0.25) is 9.59 Å². The van der Waals surface area contributed by atoms with E-state index in [2.05, 4.69) is 10.1 Å². The number of halogens is 1. The van der Waals surface area contributed by atoms with Gasteiger partial charge in [0, 0.05) is 48.2 Å². The summed E-state index contributed by atoms with van der Waals surface area (Å²) >= 11 is 6.07. The van der Waals surface area contributed by atoms with E-state index in [9.17, 15) is 9.59 Å². The van der Waals surface area contributed by atoms with Gasteiger partial charge >= 0.3 is 0 Å². The lowest BCUT2D eigenvalue weighted by molar-refractivity contribution is -0.136. The van der Waals surface area contributed by atoms with Crippen LogP contribution in [0.15, 0.2) is 53.1 Å². The highest BCUT2D eigenvalue weighted by atomic mass is 35.5. The number of aromatic nitrogens is 2. The van der Waals surface area contributed by atoms with Crippen molar-refractivity contribution in [3.63, 3.8) is 0 Å². The van der Waals surface area contributed by atoms with Crippen LogP contribution in [-0.2, 0) is 9.59 Å². The van der Waals surface area contributed by atoms with E-state index in [-0.39, 0.29) is 30.1 Å². The van der Waals surface area contributed by atoms with Crippen molar-refractivity contribution in [2.45, 2.75) is 32.1 Å². The number of aryl methyl sites for hydroxylation is 1. The number of hydrogen-bond donors (Lipinski definition) is 0. The van der Waals surface area contributed by atoms with Crippen molar-refractivity contribution in [3.8, 4) is 11.5 Å². The highest BCUT2D eigenvalue weighted by Crippen LogP contribution is 2.32. The minimum atomic E-state index is -0.327. The molecule has 2 aliphatic heterocycles. The molecule has 1 atom stereocenters. The molecule has 2 amide bonds. The molecule has 2 aliphatic rings. The third kappa shape index (κ3) is 4.50. The fraction of sp³-hybridized carbons (Fsp3) is 0.360. The van der Waals surface area contributed by atoms with Crippen LogP contribution in [0.1, 0.15) is 36.6 Å². The summed E-state index contributed by atoms with van der Waals surface area (Å²) in [6.07, 6.45) is 1.78. The number of benzene rings is 2. The Morgan fingerprint density at radius 3 is 2.61 bits per heavy atom. The van der Waals surface area contributed by atoms with Gasteiger partial charge < -0.3 is 14.3 Å². The van der Waals surface area contributed by atoms with Crippen LogP contribution in [0.4, 0.5) is 5.69 Å². The van der Waals surface area contributed by atoms with Gasteiger partial charge in [-0.25, -0.2) is 0 Å². The lowest BCUT2D eigenvalue weighted by Crippen LogP contribution is -2.42. The summed E-state index contributed by atoms with van der Waals surface area (Å²) in [7, 11) is 0. The highest BCUT2D eigenvalue weighted by Gasteiger charge is 2.38. The van der Waals surface area contributed by atoms with Crippen LogP contribution in [0.3, 0.4) is 0 Å². The van der Waals surface area contributed by atoms with Crippen molar-refractivity contribution >= 4 is 29.1 Å². The molecule has 0 saturated carbocycles. The van der Waals surface area contributed by atoms with Crippen LogP contribution in [0.25, 0.3) is 11.5 Å². The van der Waals surface area contributed by atoms with E-state index in [1.807, 2.05) is 48.2 Å². The molecule has 3 aromatic rings. The largest absolute Gasteiger partial charge is 0.342 e. The monoisotopic (exact) mass is 464 g/mol. The van der Waals surface area contributed by atoms with E-state index in [4.69, 9.17) is 16.1 Å². The number of nitrogens with zero attached hydrogens (tertiary/aromatic N) is 4. The fourth-order valence-electron chi connectivity index (χ4n) is 4.60. The highest BCUT2D eigenvalue weighted by molar-refractivity contribution is 6.31. The van der Waals surface area contributed by atoms with E-state index in [0.717, 1.165) is 24.1 Å². The first kappa shape index (κ1) is 21.6. The second-order valence-corrected chi connectivity index (χ2v) is 9.25. The molecule has 0 aliphatic carbocycles. The number of likely N-dealkylation sites (tertiary alicyclic amines) is 1. The number of rotatable bonds is 4. The zero-order valence-electron chi connectivity index (χ0n) is 18.4. The predicted molar refractivity (Wildman–Crippen MR) is 125 cm³/mol. The van der Waals surface area contributed by atoms with Crippen molar-refractivity contribution in [1.82, 2.24) is 15.0 Å². The first-order valence-electron chi connectivity index (χ1n) is 11.2. The summed E-state index contributed by atoms with van der Waals surface area (Å²) in [5.41, 5.74) is 2.82. The van der Waals surface area contributed by atoms with Crippen molar-refractivity contribution in [3.05, 3.63) is 64.9 Å². The molecule has 170 valence electrons. The van der Waals surface area contributed by atoms with Crippen molar-refractivity contribution in [2.24, 2.45) is 5.92 Å². The third-order valence-corrected chi connectivity index (χ3v) is 6.74.